The van der Waals surface area contributed by atoms with Crippen LogP contribution in [0.25, 0.3) is 0 Å². The van der Waals surface area contributed by atoms with Gasteiger partial charge < -0.3 is 14.9 Å². The summed E-state index contributed by atoms with van der Waals surface area (Å²) in [5, 5.41) is 19.4. The van der Waals surface area contributed by atoms with Crippen LogP contribution in [0.2, 0.25) is 0 Å². The number of hydrogen-bond donors (Lipinski definition) is 2. The summed E-state index contributed by atoms with van der Waals surface area (Å²) in [5.41, 5.74) is -1.87. The number of benzene rings is 4. The minimum absolute atomic E-state index is 0.0357. The Morgan fingerprint density at radius 1 is 0.658 bits per heavy atom. The van der Waals surface area contributed by atoms with Crippen LogP contribution in [0.15, 0.2) is 97.1 Å². The summed E-state index contributed by atoms with van der Waals surface area (Å²) in [6, 6.07) is 22.9. The molecule has 0 amide bonds. The zero-order valence-electron chi connectivity index (χ0n) is 20.8. The van der Waals surface area contributed by atoms with E-state index >= 15 is 13.2 Å². The second-order valence-corrected chi connectivity index (χ2v) is 8.90. The Morgan fingerprint density at radius 3 is 1.50 bits per heavy atom. The smallest absolute Gasteiger partial charge is 0.406 e. The van der Waals surface area contributed by atoms with Crippen LogP contribution in [-0.4, -0.2) is 16.4 Å². The lowest BCUT2D eigenvalue weighted by Crippen LogP contribution is -2.44. The van der Waals surface area contributed by atoms with Gasteiger partial charge in [0, 0.05) is 12.0 Å². The van der Waals surface area contributed by atoms with E-state index in [1.165, 1.54) is 72.8 Å². The van der Waals surface area contributed by atoms with Crippen LogP contribution in [-0.2, 0) is 5.41 Å². The van der Waals surface area contributed by atoms with E-state index in [0.29, 0.717) is 11.5 Å². The van der Waals surface area contributed by atoms with Crippen molar-refractivity contribution in [2.24, 2.45) is 0 Å². The van der Waals surface area contributed by atoms with Gasteiger partial charge in [-0.1, -0.05) is 61.6 Å². The van der Waals surface area contributed by atoms with E-state index in [2.05, 4.69) is 18.8 Å². The third kappa shape index (κ3) is 5.63. The first-order valence-corrected chi connectivity index (χ1v) is 12.3. The van der Waals surface area contributed by atoms with Gasteiger partial charge in [0.25, 0.3) is 0 Å². The van der Waals surface area contributed by atoms with Crippen molar-refractivity contribution >= 4 is 0 Å². The topological polar surface area (TPSA) is 49.7 Å². The van der Waals surface area contributed by atoms with Crippen LogP contribution >= 0.6 is 0 Å². The van der Waals surface area contributed by atoms with Crippen molar-refractivity contribution < 1.29 is 28.1 Å². The molecule has 0 atom stereocenters. The van der Waals surface area contributed by atoms with Gasteiger partial charge in [-0.25, -0.2) is 0 Å². The highest BCUT2D eigenvalue weighted by atomic mass is 19.4. The van der Waals surface area contributed by atoms with E-state index in [9.17, 15) is 10.2 Å². The van der Waals surface area contributed by atoms with Gasteiger partial charge in [-0.3, -0.25) is 0 Å². The van der Waals surface area contributed by atoms with E-state index in [1.54, 1.807) is 12.1 Å². The van der Waals surface area contributed by atoms with Gasteiger partial charge in [0.05, 0.1) is 0 Å². The van der Waals surface area contributed by atoms with E-state index in [-0.39, 0.29) is 28.2 Å². The second kappa shape index (κ2) is 11.4. The number of hydrogen-bond acceptors (Lipinski definition) is 3. The van der Waals surface area contributed by atoms with Crippen molar-refractivity contribution in [1.29, 1.82) is 0 Å². The minimum Gasteiger partial charge on any atom is -0.508 e. The molecular weight excluding hydrogens is 489 g/mol. The number of aromatic hydroxyl groups is 2. The fraction of sp³-hybridized carbons (Fsp3) is 0.188. The summed E-state index contributed by atoms with van der Waals surface area (Å²) >= 11 is 0. The number of rotatable bonds is 7. The third-order valence-corrected chi connectivity index (χ3v) is 6.29. The Bertz CT molecular complexity index is 1350. The molecule has 6 heteroatoms. The van der Waals surface area contributed by atoms with Crippen LogP contribution in [0.1, 0.15) is 48.4 Å². The van der Waals surface area contributed by atoms with Crippen molar-refractivity contribution in [3.05, 3.63) is 119 Å². The van der Waals surface area contributed by atoms with Gasteiger partial charge >= 0.3 is 6.18 Å². The first-order valence-electron chi connectivity index (χ1n) is 12.3. The lowest BCUT2D eigenvalue weighted by Gasteiger charge is -2.37. The van der Waals surface area contributed by atoms with Gasteiger partial charge in [-0.2, -0.15) is 13.2 Å². The standard InChI is InChI=1S/C32H27F3O3/c1-2-3-4-5-6-23-7-19-29(20-8-23)38-30-21-13-26(14-22-30)31(32(33,34)35,24-9-15-27(36)16-10-24)25-11-17-28(37)18-12-25/h7-22,36-37H,2-4H2,1H3. The van der Waals surface area contributed by atoms with E-state index in [0.717, 1.165) is 24.8 Å². The molecule has 38 heavy (non-hydrogen) atoms. The number of ether oxygens (including phenoxy) is 1. The predicted molar refractivity (Wildman–Crippen MR) is 142 cm³/mol. The molecule has 4 aromatic rings. The Balaban J connectivity index is 1.69. The Labute approximate surface area is 220 Å². The van der Waals surface area contributed by atoms with Crippen molar-refractivity contribution in [3.63, 3.8) is 0 Å². The molecule has 0 radical (unpaired) electrons. The first kappa shape index (κ1) is 26.7. The molecule has 0 heterocycles. The molecule has 0 unspecified atom stereocenters. The van der Waals surface area contributed by atoms with E-state index in [1.807, 2.05) is 12.1 Å². The Kier molecular flexibility index (Phi) is 7.97. The average Bonchev–Trinajstić information content (AvgIpc) is 2.90. The highest BCUT2D eigenvalue weighted by Gasteiger charge is 2.58. The summed E-state index contributed by atoms with van der Waals surface area (Å²) in [4.78, 5) is 0. The molecule has 0 bridgehead atoms. The van der Waals surface area contributed by atoms with Crippen LogP contribution < -0.4 is 4.74 Å². The molecule has 0 aliphatic carbocycles. The largest absolute Gasteiger partial charge is 0.508 e. The summed E-state index contributed by atoms with van der Waals surface area (Å²) in [5.74, 6) is 6.86. The van der Waals surface area contributed by atoms with Crippen LogP contribution in [0.5, 0.6) is 23.0 Å². The lowest BCUT2D eigenvalue weighted by molar-refractivity contribution is -0.166. The van der Waals surface area contributed by atoms with E-state index in [4.69, 9.17) is 4.74 Å². The normalized spacial score (nSPS) is 11.5. The van der Waals surface area contributed by atoms with Crippen molar-refractivity contribution in [1.82, 2.24) is 0 Å². The molecule has 0 aliphatic heterocycles. The lowest BCUT2D eigenvalue weighted by atomic mass is 9.68. The SMILES string of the molecule is CCCCC#Cc1ccc(Oc2ccc(C(c3ccc(O)cc3)(c3ccc(O)cc3)C(F)(F)F)cc2)cc1. The molecule has 0 fully saturated rings. The monoisotopic (exact) mass is 516 g/mol. The molecular formula is C32H27F3O3. The first-order chi connectivity index (χ1) is 18.2. The zero-order chi connectivity index (χ0) is 27.2. The molecule has 0 spiro atoms. The highest BCUT2D eigenvalue weighted by molar-refractivity contribution is 5.55. The maximum atomic E-state index is 15.1. The number of unbranched alkanes of at least 4 members (excludes halogenated alkanes) is 2. The van der Waals surface area contributed by atoms with Gasteiger partial charge in [0.1, 0.15) is 28.4 Å². The number of alkyl halides is 3. The molecule has 0 aromatic heterocycles. The second-order valence-electron chi connectivity index (χ2n) is 8.90. The van der Waals surface area contributed by atoms with Gasteiger partial charge in [-0.15, -0.1) is 0 Å². The van der Waals surface area contributed by atoms with Crippen LogP contribution in [0.3, 0.4) is 0 Å². The van der Waals surface area contributed by atoms with Gasteiger partial charge in [0.15, 0.2) is 0 Å². The maximum absolute atomic E-state index is 15.1. The van der Waals surface area contributed by atoms with Crippen LogP contribution in [0, 0.1) is 11.8 Å². The summed E-state index contributed by atoms with van der Waals surface area (Å²) in [6.45, 7) is 2.12. The molecule has 0 saturated carbocycles. The summed E-state index contributed by atoms with van der Waals surface area (Å²) in [7, 11) is 0. The van der Waals surface area contributed by atoms with Gasteiger partial charge in [-0.05, 0) is 83.8 Å². The Morgan fingerprint density at radius 2 is 1.08 bits per heavy atom. The molecule has 194 valence electrons. The molecule has 0 saturated heterocycles. The predicted octanol–water partition coefficient (Wildman–Crippen LogP) is 8.33. The molecule has 3 nitrogen and oxygen atoms in total. The summed E-state index contributed by atoms with van der Waals surface area (Å²) < 4.78 is 51.1. The Hall–Kier alpha value is -4.37. The average molecular weight is 517 g/mol. The number of halogens is 3. The molecule has 4 aromatic carbocycles. The third-order valence-electron chi connectivity index (χ3n) is 6.29. The minimum atomic E-state index is -4.75. The van der Waals surface area contributed by atoms with Crippen molar-refractivity contribution in [2.45, 2.75) is 37.8 Å². The molecule has 2 N–H and O–H groups in total. The van der Waals surface area contributed by atoms with Crippen molar-refractivity contribution in [3.8, 4) is 34.8 Å². The summed E-state index contributed by atoms with van der Waals surface area (Å²) in [6.07, 6.45) is -1.76. The maximum Gasteiger partial charge on any atom is 0.406 e. The number of phenolic OH excluding ortho intramolecular Hbond substituents is 2. The van der Waals surface area contributed by atoms with Crippen molar-refractivity contribution in [2.75, 3.05) is 0 Å². The fourth-order valence-corrected chi connectivity index (χ4v) is 4.36. The highest BCUT2D eigenvalue weighted by Crippen LogP contribution is 2.51. The molecule has 0 aliphatic rings. The quantitative estimate of drug-likeness (QED) is 0.147. The number of phenols is 2. The van der Waals surface area contributed by atoms with Crippen LogP contribution in [0.4, 0.5) is 13.2 Å². The van der Waals surface area contributed by atoms with E-state index < -0.39 is 11.6 Å². The zero-order valence-corrected chi connectivity index (χ0v) is 20.8. The van der Waals surface area contributed by atoms with Gasteiger partial charge in [0.2, 0.25) is 0 Å². The fourth-order valence-electron chi connectivity index (χ4n) is 4.36. The molecule has 4 rings (SSSR count).